The van der Waals surface area contributed by atoms with Crippen molar-refractivity contribution in [3.63, 3.8) is 0 Å². The van der Waals surface area contributed by atoms with Gasteiger partial charge >= 0.3 is 5.97 Å². The van der Waals surface area contributed by atoms with Crippen LogP contribution in [0, 0.1) is 5.41 Å². The largest absolute Gasteiger partial charge is 0.461 e. The molecule has 3 heteroatoms. The van der Waals surface area contributed by atoms with E-state index in [1.165, 1.54) is 6.08 Å². The average Bonchev–Trinajstić information content (AvgIpc) is 2.45. The first-order chi connectivity index (χ1) is 9.15. The lowest BCUT2D eigenvalue weighted by atomic mass is 9.79. The number of allylic oxidation sites excluding steroid dienone is 1. The molecule has 0 atom stereocenters. The van der Waals surface area contributed by atoms with E-state index in [0.717, 1.165) is 5.56 Å². The number of ether oxygens (including phenoxy) is 1. The number of halogens is 1. The maximum Gasteiger partial charge on any atom is 0.307 e. The number of benzene rings is 1. The Morgan fingerprint density at radius 2 is 1.89 bits per heavy atom. The van der Waals surface area contributed by atoms with Crippen molar-refractivity contribution < 1.29 is 13.9 Å². The number of carbonyl (C=O) groups is 1. The van der Waals surface area contributed by atoms with E-state index >= 15 is 0 Å². The first-order valence-electron chi connectivity index (χ1n) is 6.63. The molecule has 1 aromatic carbocycles. The molecule has 0 unspecified atom stereocenters. The van der Waals surface area contributed by atoms with Gasteiger partial charge in [-0.2, -0.15) is 0 Å². The monoisotopic (exact) mass is 264 g/mol. The van der Waals surface area contributed by atoms with Gasteiger partial charge in [0.25, 0.3) is 0 Å². The van der Waals surface area contributed by atoms with Crippen LogP contribution in [0.4, 0.5) is 4.39 Å². The van der Waals surface area contributed by atoms with E-state index in [4.69, 9.17) is 4.74 Å². The molecule has 0 amide bonds. The summed E-state index contributed by atoms with van der Waals surface area (Å²) >= 11 is 0. The van der Waals surface area contributed by atoms with Crippen molar-refractivity contribution in [3.8, 4) is 0 Å². The fourth-order valence-corrected chi connectivity index (χ4v) is 2.00. The summed E-state index contributed by atoms with van der Waals surface area (Å²) in [4.78, 5) is 11.8. The SMILES string of the molecule is CCC(/C=C/F)(CC)CC(=O)OCc1ccccc1. The molecule has 0 bridgehead atoms. The topological polar surface area (TPSA) is 26.3 Å². The predicted octanol–water partition coefficient (Wildman–Crippen LogP) is 4.41. The summed E-state index contributed by atoms with van der Waals surface area (Å²) < 4.78 is 17.7. The molecule has 0 heterocycles. The Hall–Kier alpha value is -1.64. The van der Waals surface area contributed by atoms with Crippen LogP contribution in [0.2, 0.25) is 0 Å². The Morgan fingerprint density at radius 1 is 1.26 bits per heavy atom. The fraction of sp³-hybridized carbons (Fsp3) is 0.438. The molecular weight excluding hydrogens is 243 g/mol. The summed E-state index contributed by atoms with van der Waals surface area (Å²) in [6.07, 6.45) is 3.64. The van der Waals surface area contributed by atoms with Gasteiger partial charge in [0, 0.05) is 5.41 Å². The highest BCUT2D eigenvalue weighted by molar-refractivity contribution is 5.70. The molecule has 104 valence electrons. The molecule has 1 aromatic rings. The van der Waals surface area contributed by atoms with Crippen molar-refractivity contribution in [2.24, 2.45) is 5.41 Å². The van der Waals surface area contributed by atoms with Crippen LogP contribution < -0.4 is 0 Å². The molecule has 1 rings (SSSR count). The Bertz CT molecular complexity index is 408. The van der Waals surface area contributed by atoms with Gasteiger partial charge < -0.3 is 4.74 Å². The second-order valence-electron chi connectivity index (χ2n) is 4.69. The van der Waals surface area contributed by atoms with Gasteiger partial charge in [-0.15, -0.1) is 0 Å². The summed E-state index contributed by atoms with van der Waals surface area (Å²) in [6, 6.07) is 9.52. The van der Waals surface area contributed by atoms with Crippen LogP contribution in [-0.4, -0.2) is 5.97 Å². The lowest BCUT2D eigenvalue weighted by Gasteiger charge is -2.26. The van der Waals surface area contributed by atoms with E-state index in [0.29, 0.717) is 19.2 Å². The first kappa shape index (κ1) is 15.4. The van der Waals surface area contributed by atoms with Gasteiger partial charge in [0.15, 0.2) is 0 Å². The zero-order chi connectivity index (χ0) is 14.1. The van der Waals surface area contributed by atoms with Crippen molar-refractivity contribution in [1.29, 1.82) is 0 Å². The molecule has 0 saturated heterocycles. The highest BCUT2D eigenvalue weighted by atomic mass is 19.1. The number of carbonyl (C=O) groups excluding carboxylic acids is 1. The molecule has 0 aliphatic carbocycles. The van der Waals surface area contributed by atoms with Crippen LogP contribution in [-0.2, 0) is 16.1 Å². The minimum Gasteiger partial charge on any atom is -0.461 e. The standard InChI is InChI=1S/C16H21FO2/c1-3-16(4-2,10-11-17)12-15(18)19-13-14-8-6-5-7-9-14/h5-11H,3-4,12-13H2,1-2H3/b11-10+. The van der Waals surface area contributed by atoms with Gasteiger partial charge in [-0.05, 0) is 24.5 Å². The number of hydrogen-bond acceptors (Lipinski definition) is 2. The molecular formula is C16H21FO2. The van der Waals surface area contributed by atoms with Crippen LogP contribution in [0.5, 0.6) is 0 Å². The molecule has 0 aromatic heterocycles. The third kappa shape index (κ3) is 4.86. The average molecular weight is 264 g/mol. The normalized spacial score (nSPS) is 11.7. The Balaban J connectivity index is 2.54. The van der Waals surface area contributed by atoms with Gasteiger partial charge in [-0.1, -0.05) is 44.2 Å². The molecule has 0 aliphatic rings. The van der Waals surface area contributed by atoms with Crippen molar-refractivity contribution in [2.75, 3.05) is 0 Å². The summed E-state index contributed by atoms with van der Waals surface area (Å²) in [6.45, 7) is 4.17. The van der Waals surface area contributed by atoms with Crippen LogP contribution in [0.25, 0.3) is 0 Å². The van der Waals surface area contributed by atoms with Crippen LogP contribution in [0.15, 0.2) is 42.7 Å². The molecule has 19 heavy (non-hydrogen) atoms. The van der Waals surface area contributed by atoms with Gasteiger partial charge in [0.05, 0.1) is 12.8 Å². The third-order valence-electron chi connectivity index (χ3n) is 3.56. The summed E-state index contributed by atoms with van der Waals surface area (Å²) in [5, 5.41) is 0. The van der Waals surface area contributed by atoms with Gasteiger partial charge in [-0.25, -0.2) is 4.39 Å². The number of rotatable bonds is 7. The zero-order valence-corrected chi connectivity index (χ0v) is 11.6. The van der Waals surface area contributed by atoms with Crippen LogP contribution in [0.3, 0.4) is 0 Å². The highest BCUT2D eigenvalue weighted by Gasteiger charge is 2.27. The zero-order valence-electron chi connectivity index (χ0n) is 11.6. The van der Waals surface area contributed by atoms with Crippen molar-refractivity contribution in [3.05, 3.63) is 48.3 Å². The van der Waals surface area contributed by atoms with E-state index in [9.17, 15) is 9.18 Å². The van der Waals surface area contributed by atoms with E-state index in [1.807, 2.05) is 44.2 Å². The van der Waals surface area contributed by atoms with E-state index in [2.05, 4.69) is 0 Å². The van der Waals surface area contributed by atoms with Crippen molar-refractivity contribution >= 4 is 5.97 Å². The van der Waals surface area contributed by atoms with Gasteiger partial charge in [-0.3, -0.25) is 4.79 Å². The minimum atomic E-state index is -0.428. The number of esters is 1. The summed E-state index contributed by atoms with van der Waals surface area (Å²) in [5.74, 6) is -0.286. The summed E-state index contributed by atoms with van der Waals surface area (Å²) in [5.41, 5.74) is 0.526. The van der Waals surface area contributed by atoms with E-state index in [-0.39, 0.29) is 19.0 Å². The minimum absolute atomic E-state index is 0.216. The lowest BCUT2D eigenvalue weighted by molar-refractivity contribution is -0.147. The molecule has 0 aliphatic heterocycles. The second kappa shape index (κ2) is 7.72. The quantitative estimate of drug-likeness (QED) is 0.682. The maximum atomic E-state index is 12.4. The molecule has 0 fully saturated rings. The maximum absolute atomic E-state index is 12.4. The van der Waals surface area contributed by atoms with Crippen molar-refractivity contribution in [1.82, 2.24) is 0 Å². The lowest BCUT2D eigenvalue weighted by Crippen LogP contribution is -2.22. The molecule has 0 radical (unpaired) electrons. The molecule has 0 saturated carbocycles. The third-order valence-corrected chi connectivity index (χ3v) is 3.56. The summed E-state index contributed by atoms with van der Waals surface area (Å²) in [7, 11) is 0. The number of hydrogen-bond donors (Lipinski definition) is 0. The first-order valence-corrected chi connectivity index (χ1v) is 6.63. The Labute approximate surface area is 114 Å². The highest BCUT2D eigenvalue weighted by Crippen LogP contribution is 2.33. The van der Waals surface area contributed by atoms with Crippen molar-refractivity contribution in [2.45, 2.75) is 39.7 Å². The van der Waals surface area contributed by atoms with E-state index < -0.39 is 5.41 Å². The predicted molar refractivity (Wildman–Crippen MR) is 74.1 cm³/mol. The molecule has 0 spiro atoms. The second-order valence-corrected chi connectivity index (χ2v) is 4.69. The van der Waals surface area contributed by atoms with E-state index in [1.54, 1.807) is 0 Å². The van der Waals surface area contributed by atoms with Gasteiger partial charge in [0.2, 0.25) is 0 Å². The van der Waals surface area contributed by atoms with Crippen LogP contribution in [0.1, 0.15) is 38.7 Å². The molecule has 2 nitrogen and oxygen atoms in total. The fourth-order valence-electron chi connectivity index (χ4n) is 2.00. The Kier molecular flexibility index (Phi) is 6.26. The van der Waals surface area contributed by atoms with Crippen LogP contribution >= 0.6 is 0 Å². The molecule has 0 N–H and O–H groups in total. The Morgan fingerprint density at radius 3 is 2.42 bits per heavy atom. The smallest absolute Gasteiger partial charge is 0.307 e. The van der Waals surface area contributed by atoms with Gasteiger partial charge in [0.1, 0.15) is 6.61 Å².